The Morgan fingerprint density at radius 1 is 1.00 bits per heavy atom. The van der Waals surface area contributed by atoms with Gasteiger partial charge in [0.25, 0.3) is 5.56 Å². The Balaban J connectivity index is 1.97. The van der Waals surface area contributed by atoms with E-state index in [1.54, 1.807) is 40.4 Å². The van der Waals surface area contributed by atoms with Gasteiger partial charge in [0.2, 0.25) is 0 Å². The van der Waals surface area contributed by atoms with Crippen LogP contribution < -0.4 is 25.2 Å². The SMILES string of the molecule is COc1cc(OC)c(OC)cc1CNn1c(C)nc2ccccc2c1=O. The Kier molecular flexibility index (Phi) is 4.97. The van der Waals surface area contributed by atoms with Crippen molar-refractivity contribution in [1.82, 2.24) is 9.66 Å². The number of benzene rings is 2. The lowest BCUT2D eigenvalue weighted by Gasteiger charge is -2.17. The van der Waals surface area contributed by atoms with Gasteiger partial charge in [0.05, 0.1) is 38.8 Å². The molecule has 3 aromatic rings. The summed E-state index contributed by atoms with van der Waals surface area (Å²) >= 11 is 0. The van der Waals surface area contributed by atoms with E-state index >= 15 is 0 Å². The van der Waals surface area contributed by atoms with Crippen molar-refractivity contribution in [2.75, 3.05) is 26.8 Å². The maximum atomic E-state index is 12.7. The van der Waals surface area contributed by atoms with Crippen molar-refractivity contribution in [3.63, 3.8) is 0 Å². The Morgan fingerprint density at radius 3 is 2.35 bits per heavy atom. The summed E-state index contributed by atoms with van der Waals surface area (Å²) in [5.41, 5.74) is 4.47. The van der Waals surface area contributed by atoms with E-state index < -0.39 is 0 Å². The smallest absolute Gasteiger partial charge is 0.279 e. The minimum Gasteiger partial charge on any atom is -0.496 e. The number of ether oxygens (including phenoxy) is 3. The Morgan fingerprint density at radius 2 is 1.65 bits per heavy atom. The van der Waals surface area contributed by atoms with Gasteiger partial charge in [-0.05, 0) is 25.1 Å². The first kappa shape index (κ1) is 17.6. The molecule has 7 nitrogen and oxygen atoms in total. The zero-order valence-corrected chi connectivity index (χ0v) is 15.2. The van der Waals surface area contributed by atoms with E-state index in [0.29, 0.717) is 40.5 Å². The Hall–Kier alpha value is -3.22. The molecule has 136 valence electrons. The van der Waals surface area contributed by atoms with Crippen LogP contribution in [-0.2, 0) is 6.54 Å². The average Bonchev–Trinajstić information content (AvgIpc) is 2.67. The van der Waals surface area contributed by atoms with Crippen molar-refractivity contribution in [2.45, 2.75) is 13.5 Å². The predicted molar refractivity (Wildman–Crippen MR) is 99.9 cm³/mol. The lowest BCUT2D eigenvalue weighted by Crippen LogP contribution is -2.31. The third kappa shape index (κ3) is 3.15. The van der Waals surface area contributed by atoms with Crippen LogP contribution in [0, 0.1) is 6.92 Å². The molecule has 0 aliphatic rings. The van der Waals surface area contributed by atoms with Gasteiger partial charge in [0.15, 0.2) is 11.5 Å². The quantitative estimate of drug-likeness (QED) is 0.732. The van der Waals surface area contributed by atoms with Crippen molar-refractivity contribution in [3.05, 3.63) is 58.1 Å². The van der Waals surface area contributed by atoms with Crippen LogP contribution >= 0.6 is 0 Å². The minimum absolute atomic E-state index is 0.146. The van der Waals surface area contributed by atoms with Crippen molar-refractivity contribution in [2.24, 2.45) is 0 Å². The Bertz CT molecular complexity index is 998. The molecule has 2 aromatic carbocycles. The molecule has 0 radical (unpaired) electrons. The van der Waals surface area contributed by atoms with Crippen LogP contribution in [0.15, 0.2) is 41.2 Å². The van der Waals surface area contributed by atoms with Crippen LogP contribution in [0.5, 0.6) is 17.2 Å². The first-order valence-corrected chi connectivity index (χ1v) is 8.10. The molecule has 1 heterocycles. The highest BCUT2D eigenvalue weighted by Gasteiger charge is 2.13. The van der Waals surface area contributed by atoms with Gasteiger partial charge in [0.1, 0.15) is 11.6 Å². The van der Waals surface area contributed by atoms with Crippen LogP contribution in [-0.4, -0.2) is 31.0 Å². The number of hydrogen-bond acceptors (Lipinski definition) is 6. The molecule has 0 atom stereocenters. The van der Waals surface area contributed by atoms with Crippen molar-refractivity contribution in [3.8, 4) is 17.2 Å². The summed E-state index contributed by atoms with van der Waals surface area (Å²) in [5.74, 6) is 2.38. The van der Waals surface area contributed by atoms with E-state index in [-0.39, 0.29) is 5.56 Å². The van der Waals surface area contributed by atoms with Gasteiger partial charge in [-0.2, -0.15) is 0 Å². The minimum atomic E-state index is -0.146. The summed E-state index contributed by atoms with van der Waals surface area (Å²) < 4.78 is 17.5. The van der Waals surface area contributed by atoms with Gasteiger partial charge in [0, 0.05) is 11.6 Å². The van der Waals surface area contributed by atoms with E-state index in [1.807, 2.05) is 24.3 Å². The van der Waals surface area contributed by atoms with Crippen LogP contribution in [0.4, 0.5) is 0 Å². The fraction of sp³-hybridized carbons (Fsp3) is 0.263. The van der Waals surface area contributed by atoms with Gasteiger partial charge < -0.3 is 19.6 Å². The molecule has 26 heavy (non-hydrogen) atoms. The lowest BCUT2D eigenvalue weighted by atomic mass is 10.1. The third-order valence-electron chi connectivity index (χ3n) is 4.16. The molecule has 1 aromatic heterocycles. The summed E-state index contributed by atoms with van der Waals surface area (Å²) in [5, 5.41) is 0.560. The number of para-hydroxylation sites is 1. The van der Waals surface area contributed by atoms with E-state index in [9.17, 15) is 4.79 Å². The fourth-order valence-corrected chi connectivity index (χ4v) is 2.82. The predicted octanol–water partition coefficient (Wildman–Crippen LogP) is 2.47. The average molecular weight is 355 g/mol. The number of nitrogens with zero attached hydrogens (tertiary/aromatic N) is 2. The van der Waals surface area contributed by atoms with E-state index in [2.05, 4.69) is 10.4 Å². The number of aryl methyl sites for hydroxylation is 1. The molecule has 0 fully saturated rings. The number of fused-ring (bicyclic) bond motifs is 1. The molecule has 0 saturated carbocycles. The molecule has 0 aliphatic heterocycles. The first-order valence-electron chi connectivity index (χ1n) is 8.10. The van der Waals surface area contributed by atoms with Crippen molar-refractivity contribution in [1.29, 1.82) is 0 Å². The summed E-state index contributed by atoms with van der Waals surface area (Å²) in [7, 11) is 4.72. The maximum absolute atomic E-state index is 12.7. The fourth-order valence-electron chi connectivity index (χ4n) is 2.82. The first-order chi connectivity index (χ1) is 12.6. The summed E-state index contributed by atoms with van der Waals surface area (Å²) in [4.78, 5) is 17.2. The molecule has 0 bridgehead atoms. The number of rotatable bonds is 6. The number of methoxy groups -OCH3 is 3. The van der Waals surface area contributed by atoms with E-state index in [1.165, 1.54) is 4.68 Å². The largest absolute Gasteiger partial charge is 0.496 e. The van der Waals surface area contributed by atoms with Crippen molar-refractivity contribution >= 4 is 10.9 Å². The number of aromatic nitrogens is 2. The molecule has 0 aliphatic carbocycles. The van der Waals surface area contributed by atoms with Gasteiger partial charge >= 0.3 is 0 Å². The molecular formula is C19H21N3O4. The van der Waals surface area contributed by atoms with Crippen LogP contribution in [0.3, 0.4) is 0 Å². The van der Waals surface area contributed by atoms with E-state index in [0.717, 1.165) is 5.56 Å². The molecule has 1 N–H and O–H groups in total. The zero-order chi connectivity index (χ0) is 18.7. The van der Waals surface area contributed by atoms with Crippen LogP contribution in [0.1, 0.15) is 11.4 Å². The zero-order valence-electron chi connectivity index (χ0n) is 15.2. The van der Waals surface area contributed by atoms with Gasteiger partial charge in [-0.15, -0.1) is 0 Å². The Labute approximate surface area is 151 Å². The summed E-state index contributed by atoms with van der Waals surface area (Å²) in [6.07, 6.45) is 0. The molecule has 3 rings (SSSR count). The van der Waals surface area contributed by atoms with Crippen LogP contribution in [0.25, 0.3) is 10.9 Å². The highest BCUT2D eigenvalue weighted by Crippen LogP contribution is 2.34. The molecular weight excluding hydrogens is 334 g/mol. The van der Waals surface area contributed by atoms with Crippen LogP contribution in [0.2, 0.25) is 0 Å². The topological polar surface area (TPSA) is 74.6 Å². The number of nitrogens with one attached hydrogen (secondary N) is 1. The van der Waals surface area contributed by atoms with Crippen molar-refractivity contribution < 1.29 is 14.2 Å². The van der Waals surface area contributed by atoms with E-state index in [4.69, 9.17) is 14.2 Å². The molecule has 7 heteroatoms. The number of hydrogen-bond donors (Lipinski definition) is 1. The second kappa shape index (κ2) is 7.35. The second-order valence-electron chi connectivity index (χ2n) is 5.67. The second-order valence-corrected chi connectivity index (χ2v) is 5.67. The highest BCUT2D eigenvalue weighted by molar-refractivity contribution is 5.77. The summed E-state index contributed by atoms with van der Waals surface area (Å²) in [6, 6.07) is 10.8. The maximum Gasteiger partial charge on any atom is 0.279 e. The monoisotopic (exact) mass is 355 g/mol. The van der Waals surface area contributed by atoms with Gasteiger partial charge in [-0.25, -0.2) is 9.66 Å². The normalized spacial score (nSPS) is 10.6. The van der Waals surface area contributed by atoms with Gasteiger partial charge in [-0.3, -0.25) is 4.79 Å². The van der Waals surface area contributed by atoms with Gasteiger partial charge in [-0.1, -0.05) is 12.1 Å². The summed E-state index contributed by atoms with van der Waals surface area (Å²) in [6.45, 7) is 2.14. The molecule has 0 unspecified atom stereocenters. The molecule has 0 saturated heterocycles. The standard InChI is InChI=1S/C19H21N3O4/c1-12-21-15-8-6-5-7-14(15)19(23)22(12)20-11-13-9-17(25-3)18(26-4)10-16(13)24-2/h5-10,20H,11H2,1-4H3. The molecule has 0 amide bonds. The lowest BCUT2D eigenvalue weighted by molar-refractivity contribution is 0.347. The third-order valence-corrected chi connectivity index (χ3v) is 4.16. The molecule has 0 spiro atoms. The highest BCUT2D eigenvalue weighted by atomic mass is 16.5.